The minimum atomic E-state index is 0.829. The Morgan fingerprint density at radius 1 is 0.714 bits per heavy atom. The van der Waals surface area contributed by atoms with E-state index >= 15 is 0 Å². The third-order valence-corrected chi connectivity index (χ3v) is 3.75. The monoisotopic (exact) mass is 283 g/mol. The highest BCUT2D eigenvalue weighted by Crippen LogP contribution is 2.09. The predicted octanol–water partition coefficient (Wildman–Crippen LogP) is 2.96. The van der Waals surface area contributed by atoms with Gasteiger partial charge in [-0.1, -0.05) is 24.3 Å². The van der Waals surface area contributed by atoms with Crippen LogP contribution in [0, 0.1) is 0 Å². The summed E-state index contributed by atoms with van der Waals surface area (Å²) in [5, 5.41) is 0. The van der Waals surface area contributed by atoms with E-state index in [2.05, 4.69) is 36.2 Å². The zero-order valence-corrected chi connectivity index (χ0v) is 12.8. The molecule has 21 heavy (non-hydrogen) atoms. The fourth-order valence-electron chi connectivity index (χ4n) is 2.35. The van der Waals surface area contributed by atoms with Crippen molar-refractivity contribution in [3.8, 4) is 0 Å². The Kier molecular flexibility index (Phi) is 5.64. The van der Waals surface area contributed by atoms with Gasteiger partial charge in [0.2, 0.25) is 0 Å². The SMILES string of the molecule is CN(CCCc1ccc(N)cc1)CCc1ccc(N)cc1. The molecule has 0 unspecified atom stereocenters. The molecule has 2 aromatic rings. The van der Waals surface area contributed by atoms with Gasteiger partial charge < -0.3 is 16.4 Å². The van der Waals surface area contributed by atoms with Gasteiger partial charge in [-0.25, -0.2) is 0 Å². The van der Waals surface area contributed by atoms with Gasteiger partial charge in [-0.2, -0.15) is 0 Å². The maximum absolute atomic E-state index is 5.69. The van der Waals surface area contributed by atoms with Gasteiger partial charge in [0.25, 0.3) is 0 Å². The first kappa shape index (κ1) is 15.4. The van der Waals surface area contributed by atoms with Gasteiger partial charge in [-0.3, -0.25) is 0 Å². The topological polar surface area (TPSA) is 55.3 Å². The normalized spacial score (nSPS) is 11.0. The van der Waals surface area contributed by atoms with Gasteiger partial charge in [-0.15, -0.1) is 0 Å². The number of hydrogen-bond acceptors (Lipinski definition) is 3. The average molecular weight is 283 g/mol. The lowest BCUT2D eigenvalue weighted by Crippen LogP contribution is -2.22. The molecule has 0 radical (unpaired) electrons. The first-order valence-corrected chi connectivity index (χ1v) is 7.51. The molecule has 0 saturated carbocycles. The first-order chi connectivity index (χ1) is 10.1. The highest BCUT2D eigenvalue weighted by Gasteiger charge is 2.00. The van der Waals surface area contributed by atoms with Gasteiger partial charge >= 0.3 is 0 Å². The maximum Gasteiger partial charge on any atom is 0.0314 e. The van der Waals surface area contributed by atoms with Crippen LogP contribution in [0.15, 0.2) is 48.5 Å². The van der Waals surface area contributed by atoms with Crippen LogP contribution in [0.1, 0.15) is 17.5 Å². The van der Waals surface area contributed by atoms with Gasteiger partial charge in [-0.05, 0) is 68.2 Å². The molecule has 3 nitrogen and oxygen atoms in total. The maximum atomic E-state index is 5.69. The molecule has 0 amide bonds. The number of anilines is 2. The van der Waals surface area contributed by atoms with Crippen molar-refractivity contribution in [2.75, 3.05) is 31.6 Å². The van der Waals surface area contributed by atoms with Crippen LogP contribution >= 0.6 is 0 Å². The number of hydrogen-bond donors (Lipinski definition) is 2. The Morgan fingerprint density at radius 3 is 1.71 bits per heavy atom. The van der Waals surface area contributed by atoms with E-state index in [1.165, 1.54) is 17.5 Å². The van der Waals surface area contributed by atoms with Crippen LogP contribution in [0.5, 0.6) is 0 Å². The van der Waals surface area contributed by atoms with Gasteiger partial charge in [0.1, 0.15) is 0 Å². The van der Waals surface area contributed by atoms with Crippen molar-refractivity contribution in [2.24, 2.45) is 0 Å². The van der Waals surface area contributed by atoms with E-state index in [9.17, 15) is 0 Å². The lowest BCUT2D eigenvalue weighted by molar-refractivity contribution is 0.333. The van der Waals surface area contributed by atoms with Crippen LogP contribution in [0.3, 0.4) is 0 Å². The summed E-state index contributed by atoms with van der Waals surface area (Å²) < 4.78 is 0. The largest absolute Gasteiger partial charge is 0.399 e. The fourth-order valence-corrected chi connectivity index (χ4v) is 2.35. The Balaban J connectivity index is 1.66. The highest BCUT2D eigenvalue weighted by molar-refractivity contribution is 5.40. The lowest BCUT2D eigenvalue weighted by Gasteiger charge is -2.16. The highest BCUT2D eigenvalue weighted by atomic mass is 15.1. The average Bonchev–Trinajstić information content (AvgIpc) is 2.49. The number of rotatable bonds is 7. The van der Waals surface area contributed by atoms with Crippen molar-refractivity contribution in [1.82, 2.24) is 4.90 Å². The van der Waals surface area contributed by atoms with E-state index in [4.69, 9.17) is 11.5 Å². The Labute approximate surface area is 127 Å². The minimum absolute atomic E-state index is 0.829. The van der Waals surface area contributed by atoms with Gasteiger partial charge in [0.05, 0.1) is 0 Å². The van der Waals surface area contributed by atoms with Crippen molar-refractivity contribution < 1.29 is 0 Å². The van der Waals surface area contributed by atoms with Gasteiger partial charge in [0.15, 0.2) is 0 Å². The van der Waals surface area contributed by atoms with Gasteiger partial charge in [0, 0.05) is 17.9 Å². The molecule has 2 aromatic carbocycles. The van der Waals surface area contributed by atoms with E-state index in [0.717, 1.165) is 37.3 Å². The predicted molar refractivity (Wildman–Crippen MR) is 91.2 cm³/mol. The molecular weight excluding hydrogens is 258 g/mol. The van der Waals surface area contributed by atoms with Crippen LogP contribution in [0.4, 0.5) is 11.4 Å². The summed E-state index contributed by atoms with van der Waals surface area (Å²) in [4.78, 5) is 2.38. The second-order valence-electron chi connectivity index (χ2n) is 5.64. The molecule has 0 spiro atoms. The van der Waals surface area contributed by atoms with E-state index in [1.807, 2.05) is 24.3 Å². The third kappa shape index (κ3) is 5.48. The third-order valence-electron chi connectivity index (χ3n) is 3.75. The second kappa shape index (κ2) is 7.70. The summed E-state index contributed by atoms with van der Waals surface area (Å²) in [6.07, 6.45) is 3.34. The van der Waals surface area contributed by atoms with E-state index < -0.39 is 0 Å². The Morgan fingerprint density at radius 2 is 1.19 bits per heavy atom. The summed E-state index contributed by atoms with van der Waals surface area (Å²) in [6, 6.07) is 16.3. The fraction of sp³-hybridized carbons (Fsp3) is 0.333. The number of nitrogens with two attached hydrogens (primary N) is 2. The molecule has 4 N–H and O–H groups in total. The second-order valence-corrected chi connectivity index (χ2v) is 5.64. The van der Waals surface area contributed by atoms with E-state index in [-0.39, 0.29) is 0 Å². The Bertz CT molecular complexity index is 531. The molecule has 0 aliphatic carbocycles. The van der Waals surface area contributed by atoms with E-state index in [0.29, 0.717) is 0 Å². The molecule has 0 bridgehead atoms. The summed E-state index contributed by atoms with van der Waals surface area (Å²) in [5.41, 5.74) is 15.7. The molecule has 0 aromatic heterocycles. The van der Waals surface area contributed by atoms with Crippen LogP contribution in [0.2, 0.25) is 0 Å². The standard InChI is InChI=1S/C18H25N3/c1-21(14-12-16-6-10-18(20)11-7-16)13-2-3-15-4-8-17(19)9-5-15/h4-11H,2-3,12-14,19-20H2,1H3. The van der Waals surface area contributed by atoms with Crippen molar-refractivity contribution in [3.05, 3.63) is 59.7 Å². The summed E-state index contributed by atoms with van der Waals surface area (Å²) in [5.74, 6) is 0. The molecule has 0 saturated heterocycles. The number of likely N-dealkylation sites (N-methyl/N-ethyl adjacent to an activating group) is 1. The van der Waals surface area contributed by atoms with E-state index in [1.54, 1.807) is 0 Å². The molecule has 0 aliphatic heterocycles. The summed E-state index contributed by atoms with van der Waals surface area (Å²) in [7, 11) is 2.18. The quantitative estimate of drug-likeness (QED) is 0.768. The number of nitrogens with zero attached hydrogens (tertiary/aromatic N) is 1. The van der Waals surface area contributed by atoms with Crippen LogP contribution < -0.4 is 11.5 Å². The summed E-state index contributed by atoms with van der Waals surface area (Å²) in [6.45, 7) is 2.19. The van der Waals surface area contributed by atoms with Crippen LogP contribution in [-0.4, -0.2) is 25.0 Å². The van der Waals surface area contributed by atoms with Crippen LogP contribution in [0.25, 0.3) is 0 Å². The molecule has 0 atom stereocenters. The number of nitrogen functional groups attached to an aromatic ring is 2. The van der Waals surface area contributed by atoms with Crippen LogP contribution in [-0.2, 0) is 12.8 Å². The molecule has 0 heterocycles. The molecule has 0 fully saturated rings. The Hall–Kier alpha value is -2.00. The molecular formula is C18H25N3. The molecule has 112 valence electrons. The van der Waals surface area contributed by atoms with Crippen molar-refractivity contribution in [1.29, 1.82) is 0 Å². The molecule has 3 heteroatoms. The smallest absolute Gasteiger partial charge is 0.0314 e. The van der Waals surface area contributed by atoms with Crippen molar-refractivity contribution in [2.45, 2.75) is 19.3 Å². The van der Waals surface area contributed by atoms with Crippen molar-refractivity contribution in [3.63, 3.8) is 0 Å². The first-order valence-electron chi connectivity index (χ1n) is 7.51. The minimum Gasteiger partial charge on any atom is -0.399 e. The molecule has 0 aliphatic rings. The number of benzene rings is 2. The zero-order valence-electron chi connectivity index (χ0n) is 12.8. The summed E-state index contributed by atoms with van der Waals surface area (Å²) >= 11 is 0. The lowest BCUT2D eigenvalue weighted by atomic mass is 10.1. The number of aryl methyl sites for hydroxylation is 1. The molecule has 2 rings (SSSR count). The zero-order chi connectivity index (χ0) is 15.1. The van der Waals surface area contributed by atoms with Crippen molar-refractivity contribution >= 4 is 11.4 Å².